The minimum absolute atomic E-state index is 0.285. The highest BCUT2D eigenvalue weighted by Crippen LogP contribution is 2.28. The topological polar surface area (TPSA) is 0 Å². The zero-order valence-corrected chi connectivity index (χ0v) is 10.7. The van der Waals surface area contributed by atoms with E-state index in [-0.39, 0.29) is 17.0 Å². The summed E-state index contributed by atoms with van der Waals surface area (Å²) < 4.78 is 26.3. The highest BCUT2D eigenvalue weighted by atomic mass is 35.5. The Bertz CT molecular complexity index is 552. The van der Waals surface area contributed by atoms with E-state index >= 15 is 0 Å². The standard InChI is InChI=1S/C15H13ClF2/c1-10-5-6-13(18)9-14(10)15(16)8-11-3-2-4-12(17)7-11/h2-7,9,15H,8H2,1H3. The molecule has 0 aromatic heterocycles. The Kier molecular flexibility index (Phi) is 3.97. The number of rotatable bonds is 3. The number of hydrogen-bond donors (Lipinski definition) is 0. The van der Waals surface area contributed by atoms with Crippen molar-refractivity contribution in [2.45, 2.75) is 18.7 Å². The van der Waals surface area contributed by atoms with Crippen molar-refractivity contribution >= 4 is 11.6 Å². The van der Waals surface area contributed by atoms with E-state index in [1.54, 1.807) is 12.1 Å². The van der Waals surface area contributed by atoms with Gasteiger partial charge in [0.25, 0.3) is 0 Å². The van der Waals surface area contributed by atoms with Gasteiger partial charge in [-0.1, -0.05) is 18.2 Å². The zero-order valence-electron chi connectivity index (χ0n) is 9.96. The molecule has 2 aromatic carbocycles. The van der Waals surface area contributed by atoms with Crippen molar-refractivity contribution in [3.8, 4) is 0 Å². The Balaban J connectivity index is 2.21. The fraction of sp³-hybridized carbons (Fsp3) is 0.200. The number of aryl methyl sites for hydroxylation is 1. The number of hydrogen-bond acceptors (Lipinski definition) is 0. The van der Waals surface area contributed by atoms with Gasteiger partial charge in [-0.25, -0.2) is 8.78 Å². The molecule has 3 heteroatoms. The minimum atomic E-state index is -0.359. The first-order chi connectivity index (χ1) is 8.56. The highest BCUT2D eigenvalue weighted by Gasteiger charge is 2.12. The van der Waals surface area contributed by atoms with Crippen molar-refractivity contribution in [2.75, 3.05) is 0 Å². The van der Waals surface area contributed by atoms with Gasteiger partial charge in [0.05, 0.1) is 5.38 Å². The second-order valence-electron chi connectivity index (χ2n) is 4.30. The monoisotopic (exact) mass is 266 g/mol. The van der Waals surface area contributed by atoms with Gasteiger partial charge in [-0.2, -0.15) is 0 Å². The molecule has 0 nitrogen and oxygen atoms in total. The van der Waals surface area contributed by atoms with Crippen LogP contribution in [-0.2, 0) is 6.42 Å². The van der Waals surface area contributed by atoms with E-state index < -0.39 is 0 Å². The molecule has 0 radical (unpaired) electrons. The number of halogens is 3. The largest absolute Gasteiger partial charge is 0.207 e. The van der Waals surface area contributed by atoms with E-state index in [1.165, 1.54) is 24.3 Å². The molecule has 94 valence electrons. The van der Waals surface area contributed by atoms with Gasteiger partial charge in [0.15, 0.2) is 0 Å². The SMILES string of the molecule is Cc1ccc(F)cc1C(Cl)Cc1cccc(F)c1. The third kappa shape index (κ3) is 3.08. The lowest BCUT2D eigenvalue weighted by Gasteiger charge is -2.13. The Labute approximate surface area is 110 Å². The normalized spacial score (nSPS) is 12.4. The summed E-state index contributed by atoms with van der Waals surface area (Å²) in [5.41, 5.74) is 2.49. The molecule has 0 bridgehead atoms. The first-order valence-electron chi connectivity index (χ1n) is 5.71. The molecule has 2 aromatic rings. The molecular weight excluding hydrogens is 254 g/mol. The van der Waals surface area contributed by atoms with Crippen LogP contribution in [0.1, 0.15) is 22.1 Å². The lowest BCUT2D eigenvalue weighted by molar-refractivity contribution is 0.621. The van der Waals surface area contributed by atoms with Crippen LogP contribution in [0, 0.1) is 18.6 Å². The molecule has 0 saturated carbocycles. The van der Waals surface area contributed by atoms with Gasteiger partial charge in [-0.15, -0.1) is 11.6 Å². The first kappa shape index (κ1) is 13.0. The van der Waals surface area contributed by atoms with Crippen molar-refractivity contribution in [1.29, 1.82) is 0 Å². The van der Waals surface area contributed by atoms with Crippen LogP contribution in [0.3, 0.4) is 0 Å². The molecule has 0 fully saturated rings. The van der Waals surface area contributed by atoms with Crippen LogP contribution in [0.2, 0.25) is 0 Å². The van der Waals surface area contributed by atoms with E-state index in [1.807, 2.05) is 13.0 Å². The quantitative estimate of drug-likeness (QED) is 0.701. The predicted octanol–water partition coefficient (Wildman–Crippen LogP) is 4.80. The van der Waals surface area contributed by atoms with Crippen molar-refractivity contribution in [3.63, 3.8) is 0 Å². The van der Waals surface area contributed by atoms with Crippen LogP contribution < -0.4 is 0 Å². The molecule has 18 heavy (non-hydrogen) atoms. The third-order valence-corrected chi connectivity index (χ3v) is 3.27. The Hall–Kier alpha value is -1.41. The fourth-order valence-electron chi connectivity index (χ4n) is 1.93. The van der Waals surface area contributed by atoms with Crippen molar-refractivity contribution in [3.05, 3.63) is 70.8 Å². The molecule has 0 aliphatic rings. The summed E-state index contributed by atoms with van der Waals surface area (Å²) in [6, 6.07) is 10.8. The lowest BCUT2D eigenvalue weighted by Crippen LogP contribution is -1.99. The number of alkyl halides is 1. The highest BCUT2D eigenvalue weighted by molar-refractivity contribution is 6.21. The van der Waals surface area contributed by atoms with Gasteiger partial charge in [-0.3, -0.25) is 0 Å². The van der Waals surface area contributed by atoms with E-state index in [9.17, 15) is 8.78 Å². The summed E-state index contributed by atoms with van der Waals surface area (Å²) in [5.74, 6) is -0.590. The molecule has 0 N–H and O–H groups in total. The van der Waals surface area contributed by atoms with Crippen molar-refractivity contribution in [2.24, 2.45) is 0 Å². The van der Waals surface area contributed by atoms with E-state index in [2.05, 4.69) is 0 Å². The zero-order chi connectivity index (χ0) is 13.1. The molecule has 2 rings (SSSR count). The van der Waals surface area contributed by atoms with E-state index in [4.69, 9.17) is 11.6 Å². The minimum Gasteiger partial charge on any atom is -0.207 e. The molecule has 0 heterocycles. The van der Waals surface area contributed by atoms with E-state index in [0.717, 1.165) is 16.7 Å². The van der Waals surface area contributed by atoms with Gasteiger partial charge in [0, 0.05) is 0 Å². The average molecular weight is 267 g/mol. The second kappa shape index (κ2) is 5.49. The summed E-state index contributed by atoms with van der Waals surface area (Å²) in [7, 11) is 0. The maximum absolute atomic E-state index is 13.2. The fourth-order valence-corrected chi connectivity index (χ4v) is 2.34. The van der Waals surface area contributed by atoms with Crippen LogP contribution >= 0.6 is 11.6 Å². The Morgan fingerprint density at radius 2 is 1.78 bits per heavy atom. The summed E-state index contributed by atoms with van der Waals surface area (Å²) in [6.45, 7) is 1.88. The molecule has 0 aliphatic heterocycles. The maximum Gasteiger partial charge on any atom is 0.123 e. The second-order valence-corrected chi connectivity index (χ2v) is 4.83. The molecular formula is C15H13ClF2. The average Bonchev–Trinajstić information content (AvgIpc) is 2.32. The van der Waals surface area contributed by atoms with Gasteiger partial charge in [-0.05, 0) is 54.3 Å². The molecule has 0 aliphatic carbocycles. The van der Waals surface area contributed by atoms with Crippen LogP contribution in [-0.4, -0.2) is 0 Å². The van der Waals surface area contributed by atoms with Crippen LogP contribution in [0.5, 0.6) is 0 Å². The molecule has 1 atom stereocenters. The smallest absolute Gasteiger partial charge is 0.123 e. The number of benzene rings is 2. The van der Waals surface area contributed by atoms with Crippen LogP contribution in [0.15, 0.2) is 42.5 Å². The summed E-state index contributed by atoms with van der Waals surface area (Å²) in [6.07, 6.45) is 0.476. The Morgan fingerprint density at radius 3 is 2.50 bits per heavy atom. The van der Waals surface area contributed by atoms with Crippen molar-refractivity contribution in [1.82, 2.24) is 0 Å². The third-order valence-electron chi connectivity index (χ3n) is 2.88. The molecule has 0 amide bonds. The summed E-state index contributed by atoms with van der Waals surface area (Å²) >= 11 is 6.28. The Morgan fingerprint density at radius 1 is 1.06 bits per heavy atom. The summed E-state index contributed by atoms with van der Waals surface area (Å²) in [5, 5.41) is -0.359. The van der Waals surface area contributed by atoms with E-state index in [0.29, 0.717) is 6.42 Å². The molecule has 1 unspecified atom stereocenters. The maximum atomic E-state index is 13.2. The van der Waals surface area contributed by atoms with Crippen LogP contribution in [0.4, 0.5) is 8.78 Å². The van der Waals surface area contributed by atoms with Gasteiger partial charge in [0.1, 0.15) is 11.6 Å². The van der Waals surface area contributed by atoms with Gasteiger partial charge < -0.3 is 0 Å². The predicted molar refractivity (Wildman–Crippen MR) is 69.8 cm³/mol. The lowest BCUT2D eigenvalue weighted by atomic mass is 10.00. The van der Waals surface area contributed by atoms with Gasteiger partial charge >= 0.3 is 0 Å². The molecule has 0 saturated heterocycles. The first-order valence-corrected chi connectivity index (χ1v) is 6.14. The molecule has 0 spiro atoms. The van der Waals surface area contributed by atoms with Gasteiger partial charge in [0.2, 0.25) is 0 Å². The van der Waals surface area contributed by atoms with Crippen molar-refractivity contribution < 1.29 is 8.78 Å². The van der Waals surface area contributed by atoms with Crippen LogP contribution in [0.25, 0.3) is 0 Å². The summed E-state index contributed by atoms with van der Waals surface area (Å²) in [4.78, 5) is 0.